The van der Waals surface area contributed by atoms with Crippen LogP contribution in [-0.2, 0) is 10.2 Å². The molecule has 1 aromatic rings. The molecule has 2 fully saturated rings. The van der Waals surface area contributed by atoms with Gasteiger partial charge in [-0.2, -0.15) is 0 Å². The number of nitrogens with one attached hydrogen (secondary N) is 1. The van der Waals surface area contributed by atoms with Crippen molar-refractivity contribution in [3.8, 4) is 5.75 Å². The average Bonchev–Trinajstić information content (AvgIpc) is 2.73. The Balaban J connectivity index is 1.64. The van der Waals surface area contributed by atoms with E-state index in [0.29, 0.717) is 25.7 Å². The maximum atomic E-state index is 12.6. The molecule has 0 spiro atoms. The lowest BCUT2D eigenvalue weighted by Gasteiger charge is -2.39. The molecule has 0 aliphatic carbocycles. The average molecular weight is 362 g/mol. The van der Waals surface area contributed by atoms with Gasteiger partial charge in [-0.25, -0.2) is 4.79 Å². The number of hydrogen-bond donors (Lipinski definition) is 2. The molecule has 2 heterocycles. The van der Waals surface area contributed by atoms with E-state index in [9.17, 15) is 9.90 Å². The monoisotopic (exact) mass is 362 g/mol. The van der Waals surface area contributed by atoms with Crippen molar-refractivity contribution in [3.63, 3.8) is 0 Å². The number of benzene rings is 1. The zero-order valence-corrected chi connectivity index (χ0v) is 15.6. The fourth-order valence-corrected chi connectivity index (χ4v) is 3.95. The summed E-state index contributed by atoms with van der Waals surface area (Å²) in [4.78, 5) is 14.5. The molecule has 26 heavy (non-hydrogen) atoms. The first-order valence-electron chi connectivity index (χ1n) is 9.53. The van der Waals surface area contributed by atoms with E-state index in [1.54, 1.807) is 7.11 Å². The van der Waals surface area contributed by atoms with Gasteiger partial charge in [0.25, 0.3) is 0 Å². The van der Waals surface area contributed by atoms with Crippen molar-refractivity contribution < 1.29 is 19.4 Å². The number of amides is 2. The molecule has 0 saturated carbocycles. The number of methoxy groups -OCH3 is 1. The van der Waals surface area contributed by atoms with Gasteiger partial charge in [-0.1, -0.05) is 12.1 Å². The predicted molar refractivity (Wildman–Crippen MR) is 99.5 cm³/mol. The number of hydrogen-bond acceptors (Lipinski definition) is 4. The molecule has 0 bridgehead atoms. The zero-order chi connectivity index (χ0) is 18.4. The number of carbonyl (C=O) groups is 1. The Morgan fingerprint density at radius 1 is 1.27 bits per heavy atom. The molecule has 2 saturated heterocycles. The van der Waals surface area contributed by atoms with Crippen LogP contribution in [0.15, 0.2) is 24.3 Å². The Hall–Kier alpha value is -1.79. The van der Waals surface area contributed by atoms with Gasteiger partial charge in [0.2, 0.25) is 0 Å². The van der Waals surface area contributed by atoms with Crippen LogP contribution in [-0.4, -0.2) is 62.6 Å². The second-order valence-electron chi connectivity index (χ2n) is 7.39. The van der Waals surface area contributed by atoms with Crippen LogP contribution < -0.4 is 10.1 Å². The van der Waals surface area contributed by atoms with Crippen LogP contribution in [0.2, 0.25) is 0 Å². The minimum absolute atomic E-state index is 0.000711. The van der Waals surface area contributed by atoms with E-state index in [-0.39, 0.29) is 18.1 Å². The number of aliphatic hydroxyl groups is 1. The van der Waals surface area contributed by atoms with E-state index in [1.165, 1.54) is 5.56 Å². The summed E-state index contributed by atoms with van der Waals surface area (Å²) in [6, 6.07) is 8.16. The summed E-state index contributed by atoms with van der Waals surface area (Å²) in [7, 11) is 1.67. The van der Waals surface area contributed by atoms with Crippen LogP contribution in [0.4, 0.5) is 4.79 Å². The van der Waals surface area contributed by atoms with E-state index < -0.39 is 0 Å². The lowest BCUT2D eigenvalue weighted by atomic mass is 9.74. The van der Waals surface area contributed by atoms with Crippen molar-refractivity contribution in [1.29, 1.82) is 0 Å². The predicted octanol–water partition coefficient (Wildman–Crippen LogP) is 2.16. The number of rotatable bonds is 5. The SMILES string of the molecule is COc1ccc(C2(CNC(=O)N3CCC(CO)CC3)CCOCC2)cc1. The van der Waals surface area contributed by atoms with Gasteiger partial charge in [-0.15, -0.1) is 0 Å². The first-order chi connectivity index (χ1) is 12.7. The van der Waals surface area contributed by atoms with Crippen LogP contribution in [0, 0.1) is 5.92 Å². The third kappa shape index (κ3) is 4.30. The van der Waals surface area contributed by atoms with Gasteiger partial charge in [-0.05, 0) is 49.3 Å². The maximum absolute atomic E-state index is 12.6. The molecule has 6 nitrogen and oxygen atoms in total. The highest BCUT2D eigenvalue weighted by atomic mass is 16.5. The number of aliphatic hydroxyl groups excluding tert-OH is 1. The molecule has 0 atom stereocenters. The largest absolute Gasteiger partial charge is 0.497 e. The lowest BCUT2D eigenvalue weighted by Crippen LogP contribution is -2.50. The lowest BCUT2D eigenvalue weighted by molar-refractivity contribution is 0.0497. The summed E-state index contributed by atoms with van der Waals surface area (Å²) in [6.07, 6.45) is 3.54. The highest BCUT2D eigenvalue weighted by Crippen LogP contribution is 2.35. The third-order valence-corrected chi connectivity index (χ3v) is 5.89. The summed E-state index contributed by atoms with van der Waals surface area (Å²) in [5.41, 5.74) is 1.13. The molecule has 0 radical (unpaired) electrons. The van der Waals surface area contributed by atoms with Gasteiger partial charge < -0.3 is 24.8 Å². The fourth-order valence-electron chi connectivity index (χ4n) is 3.95. The molecule has 0 unspecified atom stereocenters. The van der Waals surface area contributed by atoms with Gasteiger partial charge in [0.05, 0.1) is 7.11 Å². The van der Waals surface area contributed by atoms with Crippen LogP contribution in [0.1, 0.15) is 31.2 Å². The Kier molecular flexibility index (Phi) is 6.38. The quantitative estimate of drug-likeness (QED) is 0.842. The standard InChI is InChI=1S/C20H30N2O4/c1-25-18-4-2-17(3-5-18)20(8-12-26-13-9-20)15-21-19(24)22-10-6-16(14-23)7-11-22/h2-5,16,23H,6-15H2,1H3,(H,21,24). The van der Waals surface area contributed by atoms with E-state index in [0.717, 1.165) is 44.5 Å². The normalized spacial score (nSPS) is 20.6. The molecule has 3 rings (SSSR count). The molecule has 2 aliphatic rings. The molecule has 0 aromatic heterocycles. The Bertz CT molecular complexity index is 576. The Labute approximate surface area is 155 Å². The van der Waals surface area contributed by atoms with Crippen LogP contribution in [0.25, 0.3) is 0 Å². The van der Waals surface area contributed by atoms with Crippen molar-refractivity contribution in [3.05, 3.63) is 29.8 Å². The van der Waals surface area contributed by atoms with Crippen molar-refractivity contribution in [2.45, 2.75) is 31.1 Å². The zero-order valence-electron chi connectivity index (χ0n) is 15.6. The molecule has 2 N–H and O–H groups in total. The van der Waals surface area contributed by atoms with Crippen molar-refractivity contribution >= 4 is 6.03 Å². The van der Waals surface area contributed by atoms with Gasteiger partial charge in [-0.3, -0.25) is 0 Å². The molecule has 2 aliphatic heterocycles. The first-order valence-corrected chi connectivity index (χ1v) is 9.53. The number of carbonyl (C=O) groups excluding carboxylic acids is 1. The number of ether oxygens (including phenoxy) is 2. The minimum Gasteiger partial charge on any atom is -0.497 e. The number of urea groups is 1. The third-order valence-electron chi connectivity index (χ3n) is 5.89. The molecule has 2 amide bonds. The van der Waals surface area contributed by atoms with E-state index >= 15 is 0 Å². The summed E-state index contributed by atoms with van der Waals surface area (Å²) in [5, 5.41) is 12.4. The number of nitrogens with zero attached hydrogens (tertiary/aromatic N) is 1. The van der Waals surface area contributed by atoms with Gasteiger partial charge in [0.1, 0.15) is 5.75 Å². The number of likely N-dealkylation sites (tertiary alicyclic amines) is 1. The van der Waals surface area contributed by atoms with Gasteiger partial charge in [0, 0.05) is 44.9 Å². The van der Waals surface area contributed by atoms with Crippen molar-refractivity contribution in [2.75, 3.05) is 46.6 Å². The van der Waals surface area contributed by atoms with Crippen LogP contribution in [0.3, 0.4) is 0 Å². The van der Waals surface area contributed by atoms with Crippen molar-refractivity contribution in [1.82, 2.24) is 10.2 Å². The van der Waals surface area contributed by atoms with Gasteiger partial charge >= 0.3 is 6.03 Å². The highest BCUT2D eigenvalue weighted by Gasteiger charge is 2.35. The summed E-state index contributed by atoms with van der Waals surface area (Å²) in [5.74, 6) is 1.17. The topological polar surface area (TPSA) is 71.0 Å². The smallest absolute Gasteiger partial charge is 0.317 e. The molecule has 144 valence electrons. The second-order valence-corrected chi connectivity index (χ2v) is 7.39. The van der Waals surface area contributed by atoms with Crippen molar-refractivity contribution in [2.24, 2.45) is 5.92 Å². The second kappa shape index (κ2) is 8.73. The fraction of sp³-hybridized carbons (Fsp3) is 0.650. The van der Waals surface area contributed by atoms with Crippen LogP contribution >= 0.6 is 0 Å². The molecule has 1 aromatic carbocycles. The van der Waals surface area contributed by atoms with E-state index in [1.807, 2.05) is 17.0 Å². The molecular formula is C20H30N2O4. The summed E-state index contributed by atoms with van der Waals surface area (Å²) < 4.78 is 10.8. The first kappa shape index (κ1) is 19.0. The summed E-state index contributed by atoms with van der Waals surface area (Å²) >= 11 is 0. The van der Waals surface area contributed by atoms with E-state index in [2.05, 4.69) is 17.4 Å². The van der Waals surface area contributed by atoms with E-state index in [4.69, 9.17) is 9.47 Å². The maximum Gasteiger partial charge on any atom is 0.317 e. The molecular weight excluding hydrogens is 332 g/mol. The van der Waals surface area contributed by atoms with Gasteiger partial charge in [0.15, 0.2) is 0 Å². The molecule has 6 heteroatoms. The Morgan fingerprint density at radius 2 is 1.92 bits per heavy atom. The minimum atomic E-state index is -0.0936. The Morgan fingerprint density at radius 3 is 2.50 bits per heavy atom. The summed E-state index contributed by atoms with van der Waals surface area (Å²) in [6.45, 7) is 3.69. The van der Waals surface area contributed by atoms with Crippen LogP contribution in [0.5, 0.6) is 5.75 Å². The highest BCUT2D eigenvalue weighted by molar-refractivity contribution is 5.74. The number of piperidine rings is 1.